The fourth-order valence-electron chi connectivity index (χ4n) is 1.46. The van der Waals surface area contributed by atoms with Crippen LogP contribution in [-0.2, 0) is 0 Å². The number of hydrogen-bond acceptors (Lipinski definition) is 4. The van der Waals surface area contributed by atoms with Crippen molar-refractivity contribution in [2.75, 3.05) is 18.5 Å². The Hall–Kier alpha value is -1.33. The summed E-state index contributed by atoms with van der Waals surface area (Å²) in [5.74, 6) is 1.58. The Balaban J connectivity index is 1.71. The Morgan fingerprint density at radius 2 is 2.00 bits per heavy atom. The molecule has 2 aromatic rings. The van der Waals surface area contributed by atoms with Crippen LogP contribution in [0.25, 0.3) is 0 Å². The number of nitrogens with one attached hydrogen (secondary N) is 1. The molecule has 100 valence electrons. The molecule has 0 aliphatic heterocycles. The monoisotopic (exact) mass is 341 g/mol. The van der Waals surface area contributed by atoms with Gasteiger partial charge in [0.05, 0.1) is 11.1 Å². The van der Waals surface area contributed by atoms with Gasteiger partial charge in [0, 0.05) is 6.54 Å². The minimum atomic E-state index is 0.401. The maximum atomic E-state index is 5.87. The number of para-hydroxylation sites is 1. The second-order valence-electron chi connectivity index (χ2n) is 3.77. The van der Waals surface area contributed by atoms with E-state index in [0.29, 0.717) is 22.1 Å². The highest BCUT2D eigenvalue weighted by Crippen LogP contribution is 2.25. The zero-order valence-electron chi connectivity index (χ0n) is 10.1. The maximum Gasteiger partial charge on any atom is 0.148 e. The average Bonchev–Trinajstić information content (AvgIpc) is 2.44. The van der Waals surface area contributed by atoms with E-state index in [2.05, 4.69) is 31.2 Å². The number of aromatic nitrogens is 2. The highest BCUT2D eigenvalue weighted by Gasteiger charge is 2.05. The number of hydrogen-bond donors (Lipinski definition) is 1. The van der Waals surface area contributed by atoms with Gasteiger partial charge >= 0.3 is 0 Å². The molecule has 0 fully saturated rings. The number of ether oxygens (including phenoxy) is 1. The quantitative estimate of drug-likeness (QED) is 0.641. The van der Waals surface area contributed by atoms with Crippen molar-refractivity contribution in [2.45, 2.75) is 6.42 Å². The van der Waals surface area contributed by atoms with Gasteiger partial charge in [0.15, 0.2) is 0 Å². The summed E-state index contributed by atoms with van der Waals surface area (Å²) in [6, 6.07) is 9.74. The lowest BCUT2D eigenvalue weighted by Gasteiger charge is -2.08. The van der Waals surface area contributed by atoms with Crippen molar-refractivity contribution in [2.24, 2.45) is 0 Å². The van der Waals surface area contributed by atoms with Crippen molar-refractivity contribution in [3.05, 3.63) is 46.3 Å². The molecule has 1 aromatic carbocycles. The molecule has 0 spiro atoms. The summed E-state index contributed by atoms with van der Waals surface area (Å²) < 4.78 is 6.27. The van der Waals surface area contributed by atoms with Gasteiger partial charge in [-0.2, -0.15) is 0 Å². The first-order valence-corrected chi connectivity index (χ1v) is 7.02. The van der Waals surface area contributed by atoms with Gasteiger partial charge in [-0.05, 0) is 34.5 Å². The van der Waals surface area contributed by atoms with Crippen molar-refractivity contribution in [1.82, 2.24) is 9.97 Å². The van der Waals surface area contributed by atoms with Crippen LogP contribution >= 0.6 is 27.5 Å². The fraction of sp³-hybridized carbons (Fsp3) is 0.231. The van der Waals surface area contributed by atoms with Gasteiger partial charge in [0.25, 0.3) is 0 Å². The number of benzene rings is 1. The zero-order valence-corrected chi connectivity index (χ0v) is 12.5. The van der Waals surface area contributed by atoms with Crippen LogP contribution in [0.4, 0.5) is 5.82 Å². The Bertz CT molecular complexity index is 525. The molecule has 0 aliphatic rings. The Morgan fingerprint density at radius 1 is 1.21 bits per heavy atom. The highest BCUT2D eigenvalue weighted by atomic mass is 79.9. The van der Waals surface area contributed by atoms with Gasteiger partial charge in [0.1, 0.15) is 23.0 Å². The van der Waals surface area contributed by atoms with Crippen molar-refractivity contribution < 1.29 is 4.74 Å². The van der Waals surface area contributed by atoms with E-state index < -0.39 is 0 Å². The van der Waals surface area contributed by atoms with Crippen LogP contribution in [0.3, 0.4) is 0 Å². The standard InChI is InChI=1S/C13H13BrClN3O/c14-11-12(15)17-9-18-13(11)16-7-4-8-19-10-5-2-1-3-6-10/h1-3,5-6,9H,4,7-8H2,(H,16,17,18). The van der Waals surface area contributed by atoms with Crippen LogP contribution in [0.1, 0.15) is 6.42 Å². The van der Waals surface area contributed by atoms with Crippen molar-refractivity contribution in [3.8, 4) is 5.75 Å². The first kappa shape index (κ1) is 14.1. The summed E-state index contributed by atoms with van der Waals surface area (Å²) in [5.41, 5.74) is 0. The number of halogens is 2. The van der Waals surface area contributed by atoms with E-state index in [1.54, 1.807) is 0 Å². The summed E-state index contributed by atoms with van der Waals surface area (Å²) in [6.07, 6.45) is 2.29. The number of nitrogens with zero attached hydrogens (tertiary/aromatic N) is 2. The third kappa shape index (κ3) is 4.36. The predicted molar refractivity (Wildman–Crippen MR) is 79.8 cm³/mol. The number of anilines is 1. The lowest BCUT2D eigenvalue weighted by atomic mass is 10.3. The molecule has 0 bridgehead atoms. The van der Waals surface area contributed by atoms with Gasteiger partial charge < -0.3 is 10.1 Å². The minimum absolute atomic E-state index is 0.401. The molecule has 0 amide bonds. The topological polar surface area (TPSA) is 47.0 Å². The molecule has 4 nitrogen and oxygen atoms in total. The van der Waals surface area contributed by atoms with Gasteiger partial charge in [-0.3, -0.25) is 0 Å². The zero-order chi connectivity index (χ0) is 13.5. The molecule has 6 heteroatoms. The average molecular weight is 343 g/mol. The first-order valence-electron chi connectivity index (χ1n) is 5.85. The largest absolute Gasteiger partial charge is 0.494 e. The Morgan fingerprint density at radius 3 is 2.79 bits per heavy atom. The predicted octanol–water partition coefficient (Wildman–Crippen LogP) is 3.77. The van der Waals surface area contributed by atoms with E-state index in [-0.39, 0.29) is 0 Å². The molecule has 0 aliphatic carbocycles. The SMILES string of the molecule is Clc1ncnc(NCCCOc2ccccc2)c1Br. The van der Waals surface area contributed by atoms with Gasteiger partial charge in [0.2, 0.25) is 0 Å². The molecule has 0 radical (unpaired) electrons. The molecule has 1 N–H and O–H groups in total. The molecule has 19 heavy (non-hydrogen) atoms. The molecule has 0 atom stereocenters. The van der Waals surface area contributed by atoms with Crippen LogP contribution in [0.2, 0.25) is 5.15 Å². The van der Waals surface area contributed by atoms with Gasteiger partial charge in [-0.15, -0.1) is 0 Å². The van der Waals surface area contributed by atoms with Gasteiger partial charge in [-0.1, -0.05) is 29.8 Å². The fourth-order valence-corrected chi connectivity index (χ4v) is 1.94. The lowest BCUT2D eigenvalue weighted by Crippen LogP contribution is -2.09. The molecule has 0 saturated carbocycles. The van der Waals surface area contributed by atoms with Gasteiger partial charge in [-0.25, -0.2) is 9.97 Å². The highest BCUT2D eigenvalue weighted by molar-refractivity contribution is 9.10. The van der Waals surface area contributed by atoms with E-state index in [4.69, 9.17) is 16.3 Å². The van der Waals surface area contributed by atoms with Crippen LogP contribution in [0.15, 0.2) is 41.1 Å². The summed E-state index contributed by atoms with van der Waals surface area (Å²) in [7, 11) is 0. The third-order valence-electron chi connectivity index (χ3n) is 2.37. The lowest BCUT2D eigenvalue weighted by molar-refractivity contribution is 0.315. The van der Waals surface area contributed by atoms with Crippen LogP contribution in [0, 0.1) is 0 Å². The Labute approximate surface area is 125 Å². The van der Waals surface area contributed by atoms with Crippen molar-refractivity contribution in [1.29, 1.82) is 0 Å². The van der Waals surface area contributed by atoms with Crippen LogP contribution < -0.4 is 10.1 Å². The minimum Gasteiger partial charge on any atom is -0.494 e. The third-order valence-corrected chi connectivity index (χ3v) is 3.64. The molecule has 1 aromatic heterocycles. The normalized spacial score (nSPS) is 10.2. The summed E-state index contributed by atoms with van der Waals surface area (Å²) >= 11 is 9.21. The second kappa shape index (κ2) is 7.31. The van der Waals surface area contributed by atoms with E-state index in [1.807, 2.05) is 30.3 Å². The van der Waals surface area contributed by atoms with Crippen LogP contribution in [0.5, 0.6) is 5.75 Å². The summed E-state index contributed by atoms with van der Waals surface area (Å²) in [5, 5.41) is 3.58. The van der Waals surface area contributed by atoms with Crippen molar-refractivity contribution in [3.63, 3.8) is 0 Å². The van der Waals surface area contributed by atoms with Crippen LogP contribution in [-0.4, -0.2) is 23.1 Å². The van der Waals surface area contributed by atoms with Crippen molar-refractivity contribution >= 4 is 33.3 Å². The molecular formula is C13H13BrClN3O. The van der Waals surface area contributed by atoms with E-state index in [1.165, 1.54) is 6.33 Å². The molecule has 2 rings (SSSR count). The summed E-state index contributed by atoms with van der Waals surface area (Å²) in [4.78, 5) is 7.97. The molecule has 0 saturated heterocycles. The smallest absolute Gasteiger partial charge is 0.148 e. The van der Waals surface area contributed by atoms with E-state index >= 15 is 0 Å². The molecular weight excluding hydrogens is 330 g/mol. The molecule has 0 unspecified atom stereocenters. The first-order chi connectivity index (χ1) is 9.27. The summed E-state index contributed by atoms with van der Waals surface area (Å²) in [6.45, 7) is 1.40. The Kier molecular flexibility index (Phi) is 5.42. The number of rotatable bonds is 6. The molecule has 1 heterocycles. The van der Waals surface area contributed by atoms with E-state index in [0.717, 1.165) is 18.7 Å². The van der Waals surface area contributed by atoms with E-state index in [9.17, 15) is 0 Å². The maximum absolute atomic E-state index is 5.87. The second-order valence-corrected chi connectivity index (χ2v) is 4.92.